The van der Waals surface area contributed by atoms with Gasteiger partial charge in [0.2, 0.25) is 5.82 Å². The molecule has 1 rings (SSSR count). The van der Waals surface area contributed by atoms with Crippen molar-refractivity contribution < 1.29 is 4.52 Å². The van der Waals surface area contributed by atoms with Crippen LogP contribution in [0, 0.1) is 0 Å². The highest BCUT2D eigenvalue weighted by Crippen LogP contribution is 1.91. The molecule has 3 N–H and O–H groups in total. The molecule has 0 amide bonds. The third-order valence-corrected chi connectivity index (χ3v) is 0.508. The fourth-order valence-corrected chi connectivity index (χ4v) is 0.228. The smallest absolute Gasteiger partial charge is 0.204 e. The Morgan fingerprint density at radius 3 is 3.00 bits per heavy atom. The summed E-state index contributed by atoms with van der Waals surface area (Å²) < 4.78 is 4.30. The Kier molecular flexibility index (Phi) is 0.910. The van der Waals surface area contributed by atoms with Gasteiger partial charge >= 0.3 is 0 Å². The van der Waals surface area contributed by atoms with Crippen LogP contribution >= 0.6 is 0 Å². The molecule has 0 atom stereocenters. The maximum atomic E-state index is 4.88. The van der Waals surface area contributed by atoms with E-state index in [1.807, 2.05) is 0 Å². The van der Waals surface area contributed by atoms with Gasteiger partial charge in [0.1, 0.15) is 0 Å². The van der Waals surface area contributed by atoms with Gasteiger partial charge in [0.25, 0.3) is 0 Å². The number of nitrogens with zero attached hydrogens (tertiary/aromatic N) is 2. The van der Waals surface area contributed by atoms with Crippen LogP contribution in [0.2, 0.25) is 0 Å². The van der Waals surface area contributed by atoms with Gasteiger partial charge < -0.3 is 9.95 Å². The van der Waals surface area contributed by atoms with Gasteiger partial charge in [-0.1, -0.05) is 5.10 Å². The number of hydrogen-bond acceptors (Lipinski definition) is 5. The molecule has 38 valence electrons. The van der Waals surface area contributed by atoms with Crippen LogP contribution in [-0.2, 0) is 0 Å². The zero-order valence-electron chi connectivity index (χ0n) is 3.46. The molecule has 5 nitrogen and oxygen atoms in total. The number of nitrogens with two attached hydrogens (primary N) is 1. The van der Waals surface area contributed by atoms with Gasteiger partial charge in [-0.2, -0.15) is 0 Å². The van der Waals surface area contributed by atoms with Crippen LogP contribution in [0.15, 0.2) is 10.8 Å². The molecule has 0 radical (unpaired) electrons. The summed E-state index contributed by atoms with van der Waals surface area (Å²) in [6.07, 6.45) is 1.31. The molecule has 0 bridgehead atoms. The first-order chi connectivity index (χ1) is 3.43. The molecule has 0 aromatic carbocycles. The van der Waals surface area contributed by atoms with Gasteiger partial charge in [0.05, 0.1) is 0 Å². The number of hydrazine groups is 1. The quantitative estimate of drug-likeness (QED) is 0.362. The summed E-state index contributed by atoms with van der Waals surface area (Å²) in [4.78, 5) is 0. The lowest BCUT2D eigenvalue weighted by atomic mass is 10.8. The summed E-state index contributed by atoms with van der Waals surface area (Å²) in [5.41, 5.74) is 2.24. The number of aromatic nitrogens is 2. The van der Waals surface area contributed by atoms with Crippen molar-refractivity contribution in [3.8, 4) is 0 Å². The van der Waals surface area contributed by atoms with Crippen molar-refractivity contribution in [1.82, 2.24) is 10.4 Å². The van der Waals surface area contributed by atoms with Crippen LogP contribution in [0.3, 0.4) is 0 Å². The molecule has 1 aromatic heterocycles. The molecule has 0 aliphatic rings. The molecule has 0 saturated heterocycles. The van der Waals surface area contributed by atoms with Crippen molar-refractivity contribution in [3.63, 3.8) is 0 Å². The molecule has 0 spiro atoms. The van der Waals surface area contributed by atoms with Crippen LogP contribution in [0.4, 0.5) is 5.82 Å². The topological polar surface area (TPSA) is 77.0 Å². The van der Waals surface area contributed by atoms with Crippen molar-refractivity contribution in [2.45, 2.75) is 0 Å². The Morgan fingerprint density at radius 1 is 1.86 bits per heavy atom. The Hall–Kier alpha value is -1.10. The van der Waals surface area contributed by atoms with Gasteiger partial charge in [-0.05, 0) is 0 Å². The second-order valence-corrected chi connectivity index (χ2v) is 0.934. The highest BCUT2D eigenvalue weighted by molar-refractivity contribution is 5.24. The van der Waals surface area contributed by atoms with Crippen molar-refractivity contribution in [2.24, 2.45) is 5.84 Å². The second kappa shape index (κ2) is 1.57. The summed E-state index contributed by atoms with van der Waals surface area (Å²) in [6.45, 7) is 0. The van der Waals surface area contributed by atoms with E-state index in [0.717, 1.165) is 0 Å². The molecule has 0 unspecified atom stereocenters. The number of nitrogens with one attached hydrogen (secondary N) is 1. The van der Waals surface area contributed by atoms with E-state index in [9.17, 15) is 0 Å². The lowest BCUT2D eigenvalue weighted by molar-refractivity contribution is 0.393. The fraction of sp³-hybridized carbons (Fsp3) is 0. The van der Waals surface area contributed by atoms with Gasteiger partial charge in [-0.15, -0.1) is 0 Å². The van der Waals surface area contributed by atoms with E-state index in [-0.39, 0.29) is 0 Å². The van der Waals surface area contributed by atoms with Crippen molar-refractivity contribution in [1.29, 1.82) is 0 Å². The first-order valence-electron chi connectivity index (χ1n) is 1.67. The molecule has 1 heterocycles. The third-order valence-electron chi connectivity index (χ3n) is 0.508. The lowest BCUT2D eigenvalue weighted by Gasteiger charge is -1.81. The molecule has 5 heteroatoms. The Balaban J connectivity index is 2.76. The third kappa shape index (κ3) is 0.660. The molecule has 0 fully saturated rings. The molecule has 1 aromatic rings. The summed E-state index contributed by atoms with van der Waals surface area (Å²) in [7, 11) is 0. The van der Waals surface area contributed by atoms with Crippen LogP contribution < -0.4 is 11.3 Å². The van der Waals surface area contributed by atoms with Crippen molar-refractivity contribution >= 4 is 5.82 Å². The summed E-state index contributed by atoms with van der Waals surface area (Å²) in [5.74, 6) is 5.31. The maximum Gasteiger partial charge on any atom is 0.204 e. The molecule has 7 heavy (non-hydrogen) atoms. The Morgan fingerprint density at radius 2 is 2.71 bits per heavy atom. The van der Waals surface area contributed by atoms with E-state index in [1.54, 1.807) is 0 Å². The Bertz CT molecular complexity index is 124. The van der Waals surface area contributed by atoms with E-state index < -0.39 is 0 Å². The molecular weight excluding hydrogens is 96.0 g/mol. The first kappa shape index (κ1) is 4.07. The highest BCUT2D eigenvalue weighted by atomic mass is 16.5. The molecule has 0 aliphatic carbocycles. The molecular formula is C2H4N4O. The SMILES string of the molecule is NNc1conn1. The predicted molar refractivity (Wildman–Crippen MR) is 22.1 cm³/mol. The summed E-state index contributed by atoms with van der Waals surface area (Å²) >= 11 is 0. The van der Waals surface area contributed by atoms with Gasteiger partial charge in [-0.25, -0.2) is 5.84 Å². The molecule has 0 aliphatic heterocycles. The minimum atomic E-state index is 0.431. The normalized spacial score (nSPS) is 8.71. The van der Waals surface area contributed by atoms with Gasteiger partial charge in [0, 0.05) is 5.27 Å². The van der Waals surface area contributed by atoms with Crippen LogP contribution in [0.25, 0.3) is 0 Å². The number of hydrogen-bond donors (Lipinski definition) is 2. The van der Waals surface area contributed by atoms with E-state index >= 15 is 0 Å². The highest BCUT2D eigenvalue weighted by Gasteiger charge is 1.86. The zero-order valence-corrected chi connectivity index (χ0v) is 3.46. The molecule has 0 saturated carbocycles. The second-order valence-electron chi connectivity index (χ2n) is 0.934. The number of rotatable bonds is 1. The monoisotopic (exact) mass is 100 g/mol. The fourth-order valence-electron chi connectivity index (χ4n) is 0.228. The number of nitrogen functional groups attached to an aromatic ring is 1. The van der Waals surface area contributed by atoms with Gasteiger partial charge in [-0.3, -0.25) is 0 Å². The number of anilines is 1. The summed E-state index contributed by atoms with van der Waals surface area (Å²) in [6, 6.07) is 0. The van der Waals surface area contributed by atoms with Crippen molar-refractivity contribution in [3.05, 3.63) is 6.26 Å². The largest absolute Gasteiger partial charge is 0.343 e. The zero-order chi connectivity index (χ0) is 5.11. The standard InChI is InChI=1S/C2H4N4O/c3-4-2-1-7-6-5-2/h1,4H,3H2. The van der Waals surface area contributed by atoms with E-state index in [0.29, 0.717) is 5.82 Å². The minimum Gasteiger partial charge on any atom is -0.343 e. The average molecular weight is 100 g/mol. The minimum absolute atomic E-state index is 0.431. The maximum absolute atomic E-state index is 4.88. The van der Waals surface area contributed by atoms with Crippen LogP contribution in [-0.4, -0.2) is 10.4 Å². The van der Waals surface area contributed by atoms with E-state index in [1.165, 1.54) is 6.26 Å². The van der Waals surface area contributed by atoms with Crippen LogP contribution in [0.5, 0.6) is 0 Å². The first-order valence-corrected chi connectivity index (χ1v) is 1.67. The average Bonchev–Trinajstić information content (AvgIpc) is 2.14. The lowest BCUT2D eigenvalue weighted by Crippen LogP contribution is -2.06. The predicted octanol–water partition coefficient (Wildman–Crippen LogP) is -0.645. The summed E-state index contributed by atoms with van der Waals surface area (Å²) in [5, 5.41) is 6.51. The van der Waals surface area contributed by atoms with Crippen molar-refractivity contribution in [2.75, 3.05) is 5.43 Å². The van der Waals surface area contributed by atoms with Crippen LogP contribution in [0.1, 0.15) is 0 Å². The van der Waals surface area contributed by atoms with E-state index in [2.05, 4.69) is 20.3 Å². The Labute approximate surface area is 39.4 Å². The van der Waals surface area contributed by atoms with E-state index in [4.69, 9.17) is 5.84 Å². The van der Waals surface area contributed by atoms with Gasteiger partial charge in [0.15, 0.2) is 6.26 Å².